The number of hydrogen-bond donors (Lipinski definition) is 2. The summed E-state index contributed by atoms with van der Waals surface area (Å²) in [5.74, 6) is -1.13. The van der Waals surface area contributed by atoms with E-state index in [9.17, 15) is 13.6 Å². The molecule has 1 aromatic heterocycles. The molecule has 2 heterocycles. The van der Waals surface area contributed by atoms with Gasteiger partial charge in [-0.15, -0.1) is 0 Å². The summed E-state index contributed by atoms with van der Waals surface area (Å²) in [6, 6.07) is 8.67. The smallest absolute Gasteiger partial charge is 0.274 e. The molecule has 1 aromatic carbocycles. The Morgan fingerprint density at radius 2 is 2.14 bits per heavy atom. The van der Waals surface area contributed by atoms with E-state index >= 15 is 0 Å². The van der Waals surface area contributed by atoms with Gasteiger partial charge >= 0.3 is 0 Å². The van der Waals surface area contributed by atoms with E-state index in [2.05, 4.69) is 15.3 Å². The van der Waals surface area contributed by atoms with Gasteiger partial charge in [-0.2, -0.15) is 5.26 Å². The third-order valence-electron chi connectivity index (χ3n) is 4.93. The van der Waals surface area contributed by atoms with Crippen molar-refractivity contribution in [2.45, 2.75) is 32.0 Å². The average Bonchev–Trinajstić information content (AvgIpc) is 2.68. The fourth-order valence-corrected chi connectivity index (χ4v) is 3.12. The van der Waals surface area contributed by atoms with Crippen LogP contribution in [0, 0.1) is 23.1 Å². The first-order valence-electron chi connectivity index (χ1n) is 8.71. The first-order valence-corrected chi connectivity index (χ1v) is 8.71. The highest BCUT2D eigenvalue weighted by Crippen LogP contribution is 2.40. The molecule has 0 saturated heterocycles. The van der Waals surface area contributed by atoms with Crippen LogP contribution in [-0.4, -0.2) is 22.9 Å². The Hall–Kier alpha value is -3.34. The number of nitriles is 1. The van der Waals surface area contributed by atoms with Crippen LogP contribution in [0.1, 0.15) is 41.9 Å². The Bertz CT molecular complexity index is 983. The molecule has 3 N–H and O–H groups in total. The number of pyridine rings is 1. The zero-order valence-electron chi connectivity index (χ0n) is 15.4. The van der Waals surface area contributed by atoms with E-state index in [0.717, 1.165) is 6.07 Å². The minimum atomic E-state index is -1.48. The molecular weight excluding hydrogens is 364 g/mol. The number of aromatic nitrogens is 1. The number of nitrogens with zero attached hydrogens (tertiary/aromatic N) is 3. The lowest BCUT2D eigenvalue weighted by Gasteiger charge is -2.36. The second-order valence-corrected chi connectivity index (χ2v) is 6.98. The Labute approximate surface area is 161 Å². The van der Waals surface area contributed by atoms with Crippen molar-refractivity contribution in [3.63, 3.8) is 0 Å². The average molecular weight is 383 g/mol. The zero-order valence-corrected chi connectivity index (χ0v) is 15.4. The van der Waals surface area contributed by atoms with Gasteiger partial charge in [0.2, 0.25) is 0 Å². The molecule has 3 rings (SSSR count). The standard InChI is InChI=1S/C20H19F2N5O/c1-11-7-17(22)20(2,27-18(11)24)14-8-13(4-5-15(14)21)26-19(28)16-6-3-12(9-23)10-25-16/h3-6,8,10-11,17H,7H2,1-2H3,(H2,24,27)(H,26,28)/t11-,17-,20+/m0/s1. The van der Waals surface area contributed by atoms with Gasteiger partial charge in [0.15, 0.2) is 0 Å². The van der Waals surface area contributed by atoms with Crippen molar-refractivity contribution in [1.82, 2.24) is 4.98 Å². The van der Waals surface area contributed by atoms with Crippen molar-refractivity contribution in [3.05, 3.63) is 59.2 Å². The number of halogens is 2. The molecule has 0 radical (unpaired) electrons. The van der Waals surface area contributed by atoms with Gasteiger partial charge in [-0.3, -0.25) is 9.79 Å². The van der Waals surface area contributed by atoms with Crippen molar-refractivity contribution in [2.24, 2.45) is 16.6 Å². The highest BCUT2D eigenvalue weighted by Gasteiger charge is 2.43. The molecule has 1 aliphatic rings. The monoisotopic (exact) mass is 383 g/mol. The molecule has 0 aliphatic carbocycles. The van der Waals surface area contributed by atoms with E-state index in [1.54, 1.807) is 6.92 Å². The van der Waals surface area contributed by atoms with Crippen LogP contribution in [0.3, 0.4) is 0 Å². The van der Waals surface area contributed by atoms with E-state index in [-0.39, 0.29) is 35.1 Å². The van der Waals surface area contributed by atoms with Gasteiger partial charge in [0, 0.05) is 23.4 Å². The molecule has 0 unspecified atom stereocenters. The molecule has 0 bridgehead atoms. The molecule has 1 amide bonds. The summed E-state index contributed by atoms with van der Waals surface area (Å²) >= 11 is 0. The summed E-state index contributed by atoms with van der Waals surface area (Å²) in [5, 5.41) is 11.4. The summed E-state index contributed by atoms with van der Waals surface area (Å²) in [5.41, 5.74) is 5.10. The maximum absolute atomic E-state index is 14.8. The molecule has 2 aromatic rings. The van der Waals surface area contributed by atoms with Crippen LogP contribution in [0.2, 0.25) is 0 Å². The van der Waals surface area contributed by atoms with Gasteiger partial charge in [0.25, 0.3) is 5.91 Å². The van der Waals surface area contributed by atoms with Crippen LogP contribution in [0.25, 0.3) is 0 Å². The Morgan fingerprint density at radius 1 is 1.39 bits per heavy atom. The van der Waals surface area contributed by atoms with E-state index in [1.165, 1.54) is 37.4 Å². The highest BCUT2D eigenvalue weighted by atomic mass is 19.1. The molecule has 8 heteroatoms. The SMILES string of the molecule is C[C@H]1C[C@H](F)[C@@](C)(c2cc(NC(=O)c3ccc(C#N)cn3)ccc2F)N=C1N. The van der Waals surface area contributed by atoms with Gasteiger partial charge in [-0.05, 0) is 43.7 Å². The second-order valence-electron chi connectivity index (χ2n) is 6.98. The lowest BCUT2D eigenvalue weighted by Crippen LogP contribution is -2.43. The van der Waals surface area contributed by atoms with E-state index < -0.39 is 23.4 Å². The molecule has 144 valence electrons. The Morgan fingerprint density at radius 3 is 2.79 bits per heavy atom. The topological polar surface area (TPSA) is 104 Å². The van der Waals surface area contributed by atoms with Crippen LogP contribution in [-0.2, 0) is 5.54 Å². The van der Waals surface area contributed by atoms with Crippen LogP contribution < -0.4 is 11.1 Å². The lowest BCUT2D eigenvalue weighted by atomic mass is 9.80. The predicted octanol–water partition coefficient (Wildman–Crippen LogP) is 3.29. The van der Waals surface area contributed by atoms with Crippen LogP contribution in [0.15, 0.2) is 41.5 Å². The number of carbonyl (C=O) groups excluding carboxylic acids is 1. The summed E-state index contributed by atoms with van der Waals surface area (Å²) in [7, 11) is 0. The lowest BCUT2D eigenvalue weighted by molar-refractivity contribution is 0.102. The van der Waals surface area contributed by atoms with Crippen LogP contribution in [0.5, 0.6) is 0 Å². The van der Waals surface area contributed by atoms with E-state index in [4.69, 9.17) is 11.0 Å². The minimum absolute atomic E-state index is 0.0143. The normalized spacial score (nSPS) is 24.2. The third kappa shape index (κ3) is 3.56. The number of nitrogens with two attached hydrogens (primary N) is 1. The molecular formula is C20H19F2N5O. The number of nitrogens with one attached hydrogen (secondary N) is 1. The number of amidine groups is 1. The largest absolute Gasteiger partial charge is 0.387 e. The highest BCUT2D eigenvalue weighted by molar-refractivity contribution is 6.02. The van der Waals surface area contributed by atoms with Gasteiger partial charge in [-0.25, -0.2) is 13.8 Å². The van der Waals surface area contributed by atoms with Gasteiger partial charge in [-0.1, -0.05) is 6.92 Å². The quantitative estimate of drug-likeness (QED) is 0.848. The first kappa shape index (κ1) is 19.4. The molecule has 6 nitrogen and oxygen atoms in total. The summed E-state index contributed by atoms with van der Waals surface area (Å²) < 4.78 is 29.3. The summed E-state index contributed by atoms with van der Waals surface area (Å²) in [6.45, 7) is 3.26. The molecule has 28 heavy (non-hydrogen) atoms. The molecule has 0 saturated carbocycles. The Kier molecular flexibility index (Phi) is 5.10. The first-order chi connectivity index (χ1) is 13.2. The number of carbonyl (C=O) groups is 1. The maximum Gasteiger partial charge on any atom is 0.274 e. The molecule has 3 atom stereocenters. The maximum atomic E-state index is 14.8. The molecule has 0 spiro atoms. The van der Waals surface area contributed by atoms with Crippen LogP contribution in [0.4, 0.5) is 14.5 Å². The van der Waals surface area contributed by atoms with Gasteiger partial charge < -0.3 is 11.1 Å². The number of alkyl halides is 1. The van der Waals surface area contributed by atoms with Crippen molar-refractivity contribution in [1.29, 1.82) is 5.26 Å². The second kappa shape index (κ2) is 7.35. The van der Waals surface area contributed by atoms with Crippen molar-refractivity contribution in [2.75, 3.05) is 5.32 Å². The number of anilines is 1. The van der Waals surface area contributed by atoms with Crippen molar-refractivity contribution in [3.8, 4) is 6.07 Å². The molecule has 0 fully saturated rings. The summed E-state index contributed by atoms with van der Waals surface area (Å²) in [6.07, 6.45) is -0.00675. The van der Waals surface area contributed by atoms with E-state index in [1.807, 2.05) is 6.07 Å². The fraction of sp³-hybridized carbons (Fsp3) is 0.300. The number of aliphatic imine (C=N–C) groups is 1. The van der Waals surface area contributed by atoms with Crippen molar-refractivity contribution >= 4 is 17.4 Å². The number of amides is 1. The zero-order chi connectivity index (χ0) is 20.5. The van der Waals surface area contributed by atoms with Gasteiger partial charge in [0.05, 0.1) is 11.4 Å². The van der Waals surface area contributed by atoms with Crippen LogP contribution >= 0.6 is 0 Å². The predicted molar refractivity (Wildman–Crippen MR) is 101 cm³/mol. The molecule has 1 aliphatic heterocycles. The van der Waals surface area contributed by atoms with Crippen molar-refractivity contribution < 1.29 is 13.6 Å². The van der Waals surface area contributed by atoms with E-state index in [0.29, 0.717) is 5.56 Å². The Balaban J connectivity index is 1.91. The number of hydrogen-bond acceptors (Lipinski definition) is 5. The number of rotatable bonds is 3. The fourth-order valence-electron chi connectivity index (χ4n) is 3.12. The minimum Gasteiger partial charge on any atom is -0.387 e. The summed E-state index contributed by atoms with van der Waals surface area (Å²) in [4.78, 5) is 20.5. The number of benzene rings is 1. The third-order valence-corrected chi connectivity index (χ3v) is 4.93. The van der Waals surface area contributed by atoms with Gasteiger partial charge in [0.1, 0.15) is 29.3 Å².